The highest BCUT2D eigenvalue weighted by Gasteiger charge is 2.27. The zero-order valence-corrected chi connectivity index (χ0v) is 10.2. The highest BCUT2D eigenvalue weighted by atomic mass is 19.4. The molecule has 10 heteroatoms. The minimum absolute atomic E-state index is 0.250. The van der Waals surface area contributed by atoms with Gasteiger partial charge in [-0.3, -0.25) is 14.3 Å². The lowest BCUT2D eigenvalue weighted by molar-refractivity contribution is -0.174. The summed E-state index contributed by atoms with van der Waals surface area (Å²) in [6.45, 7) is -2.13. The first kappa shape index (κ1) is 16.0. The maximum atomic E-state index is 11.7. The molecule has 0 fully saturated rings. The van der Waals surface area contributed by atoms with Gasteiger partial charge >= 0.3 is 12.1 Å². The molecule has 0 aliphatic rings. The van der Waals surface area contributed by atoms with Crippen molar-refractivity contribution in [3.05, 3.63) is 12.4 Å². The van der Waals surface area contributed by atoms with Gasteiger partial charge in [-0.05, 0) is 0 Å². The van der Waals surface area contributed by atoms with E-state index < -0.39 is 24.7 Å². The van der Waals surface area contributed by atoms with E-state index in [1.807, 2.05) is 0 Å². The molecule has 1 heterocycles. The van der Waals surface area contributed by atoms with E-state index in [2.05, 4.69) is 15.2 Å². The number of carboxylic acids is 1. The Hall–Kier alpha value is -2.10. The molecule has 0 aliphatic heterocycles. The molecule has 0 unspecified atom stereocenters. The van der Waals surface area contributed by atoms with Crippen LogP contribution in [0.1, 0.15) is 6.42 Å². The van der Waals surface area contributed by atoms with E-state index in [1.54, 1.807) is 0 Å². The number of ether oxygens (including phenoxy) is 1. The van der Waals surface area contributed by atoms with Crippen LogP contribution in [-0.2, 0) is 20.9 Å². The predicted molar refractivity (Wildman–Crippen MR) is 60.0 cm³/mol. The number of carbonyl (C=O) groups excluding carboxylic acids is 1. The molecule has 20 heavy (non-hydrogen) atoms. The third-order valence-electron chi connectivity index (χ3n) is 1.95. The summed E-state index contributed by atoms with van der Waals surface area (Å²) in [7, 11) is 0. The molecule has 0 aliphatic carbocycles. The smallest absolute Gasteiger partial charge is 0.411 e. The molecule has 1 aromatic rings. The summed E-state index contributed by atoms with van der Waals surface area (Å²) in [5.41, 5.74) is 0.257. The molecule has 0 saturated carbocycles. The highest BCUT2D eigenvalue weighted by molar-refractivity contribution is 5.90. The molecule has 1 amide bonds. The van der Waals surface area contributed by atoms with E-state index in [-0.39, 0.29) is 25.3 Å². The number of anilines is 1. The summed E-state index contributed by atoms with van der Waals surface area (Å²) in [5, 5.41) is 14.5. The number of nitrogens with zero attached hydrogens (tertiary/aromatic N) is 2. The number of halogens is 3. The van der Waals surface area contributed by atoms with Crippen LogP contribution in [0, 0.1) is 0 Å². The number of aliphatic carboxylic acids is 1. The Morgan fingerprint density at radius 2 is 2.15 bits per heavy atom. The number of rotatable bonds is 7. The number of carbonyl (C=O) groups is 2. The number of hydrogen-bond donors (Lipinski definition) is 2. The van der Waals surface area contributed by atoms with Crippen LogP contribution < -0.4 is 5.32 Å². The summed E-state index contributed by atoms with van der Waals surface area (Å²) < 4.78 is 40.6. The van der Waals surface area contributed by atoms with Crippen LogP contribution >= 0.6 is 0 Å². The predicted octanol–water partition coefficient (Wildman–Crippen LogP) is 0.875. The number of carboxylic acid groups (broad SMARTS) is 1. The van der Waals surface area contributed by atoms with Crippen LogP contribution in [0.15, 0.2) is 12.4 Å². The van der Waals surface area contributed by atoms with Crippen LogP contribution in [0.2, 0.25) is 0 Å². The van der Waals surface area contributed by atoms with Gasteiger partial charge in [0, 0.05) is 6.20 Å². The third kappa shape index (κ3) is 6.73. The van der Waals surface area contributed by atoms with Gasteiger partial charge in [-0.2, -0.15) is 18.3 Å². The highest BCUT2D eigenvalue weighted by Crippen LogP contribution is 2.14. The van der Waals surface area contributed by atoms with Gasteiger partial charge in [-0.15, -0.1) is 0 Å². The molecule has 0 aromatic carbocycles. The van der Waals surface area contributed by atoms with E-state index >= 15 is 0 Å². The van der Waals surface area contributed by atoms with Crippen LogP contribution in [0.3, 0.4) is 0 Å². The average molecular weight is 295 g/mol. The number of amides is 1. The van der Waals surface area contributed by atoms with Gasteiger partial charge in [0.05, 0.1) is 24.9 Å². The van der Waals surface area contributed by atoms with Crippen LogP contribution in [0.4, 0.5) is 18.9 Å². The standard InChI is InChI=1S/C10H12F3N3O4/c11-10(12,13)6-20-2-1-8(17)15-7-3-14-16(4-7)5-9(18)19/h3-4H,1-2,5-6H2,(H,15,17)(H,18,19). The van der Waals surface area contributed by atoms with Crippen molar-refractivity contribution in [2.75, 3.05) is 18.5 Å². The van der Waals surface area contributed by atoms with Crippen molar-refractivity contribution in [3.63, 3.8) is 0 Å². The summed E-state index contributed by atoms with van der Waals surface area (Å²) >= 11 is 0. The van der Waals surface area contributed by atoms with Crippen molar-refractivity contribution >= 4 is 17.6 Å². The molecule has 0 saturated heterocycles. The lowest BCUT2D eigenvalue weighted by Crippen LogP contribution is -2.20. The quantitative estimate of drug-likeness (QED) is 0.728. The number of alkyl halides is 3. The van der Waals surface area contributed by atoms with Gasteiger partial charge in [-0.25, -0.2) is 0 Å². The van der Waals surface area contributed by atoms with Gasteiger partial charge in [0.25, 0.3) is 0 Å². The topological polar surface area (TPSA) is 93.5 Å². The number of hydrogen-bond acceptors (Lipinski definition) is 4. The fourth-order valence-corrected chi connectivity index (χ4v) is 1.23. The van der Waals surface area contributed by atoms with E-state index in [4.69, 9.17) is 5.11 Å². The SMILES string of the molecule is O=C(O)Cn1cc(NC(=O)CCOCC(F)(F)F)cn1. The summed E-state index contributed by atoms with van der Waals surface area (Å²) in [6, 6.07) is 0. The van der Waals surface area contributed by atoms with Gasteiger partial charge < -0.3 is 15.2 Å². The molecular formula is C10H12F3N3O4. The molecular weight excluding hydrogens is 283 g/mol. The number of aromatic nitrogens is 2. The van der Waals surface area contributed by atoms with E-state index in [0.717, 1.165) is 4.68 Å². The zero-order valence-electron chi connectivity index (χ0n) is 10.2. The second-order valence-electron chi connectivity index (χ2n) is 3.79. The Kier molecular flexibility index (Phi) is 5.50. The van der Waals surface area contributed by atoms with Gasteiger partial charge in [0.2, 0.25) is 5.91 Å². The molecule has 1 aromatic heterocycles. The van der Waals surface area contributed by atoms with Crippen molar-refractivity contribution in [3.8, 4) is 0 Å². The Balaban J connectivity index is 2.28. The van der Waals surface area contributed by atoms with Crippen LogP contribution in [0.5, 0.6) is 0 Å². The van der Waals surface area contributed by atoms with Crippen molar-refractivity contribution in [1.29, 1.82) is 0 Å². The van der Waals surface area contributed by atoms with E-state index in [0.29, 0.717) is 0 Å². The molecule has 1 rings (SSSR count). The first-order valence-corrected chi connectivity index (χ1v) is 5.45. The minimum Gasteiger partial charge on any atom is -0.480 e. The fourth-order valence-electron chi connectivity index (χ4n) is 1.23. The molecule has 112 valence electrons. The maximum absolute atomic E-state index is 11.7. The lowest BCUT2D eigenvalue weighted by Gasteiger charge is -2.07. The lowest BCUT2D eigenvalue weighted by atomic mass is 10.4. The molecule has 0 bridgehead atoms. The summed E-state index contributed by atoms with van der Waals surface area (Å²) in [5.74, 6) is -1.64. The Bertz CT molecular complexity index is 473. The zero-order chi connectivity index (χ0) is 15.2. The van der Waals surface area contributed by atoms with Crippen molar-refractivity contribution < 1.29 is 32.6 Å². The first-order valence-electron chi connectivity index (χ1n) is 5.45. The average Bonchev–Trinajstić information content (AvgIpc) is 2.69. The van der Waals surface area contributed by atoms with Gasteiger partial charge in [-0.1, -0.05) is 0 Å². The van der Waals surface area contributed by atoms with Crippen LogP contribution in [-0.4, -0.2) is 46.2 Å². The second kappa shape index (κ2) is 6.89. The monoisotopic (exact) mass is 295 g/mol. The Morgan fingerprint density at radius 3 is 2.75 bits per heavy atom. The fraction of sp³-hybridized carbons (Fsp3) is 0.500. The van der Waals surface area contributed by atoms with E-state index in [9.17, 15) is 22.8 Å². The number of nitrogens with one attached hydrogen (secondary N) is 1. The summed E-state index contributed by atoms with van der Waals surface area (Å²) in [4.78, 5) is 21.7. The summed E-state index contributed by atoms with van der Waals surface area (Å²) in [6.07, 6.45) is -2.14. The van der Waals surface area contributed by atoms with Gasteiger partial charge in [0.15, 0.2) is 0 Å². The Labute approximate surface area is 111 Å². The van der Waals surface area contributed by atoms with Crippen molar-refractivity contribution in [1.82, 2.24) is 9.78 Å². The third-order valence-corrected chi connectivity index (χ3v) is 1.95. The largest absolute Gasteiger partial charge is 0.480 e. The Morgan fingerprint density at radius 1 is 1.45 bits per heavy atom. The van der Waals surface area contributed by atoms with Crippen molar-refractivity contribution in [2.24, 2.45) is 0 Å². The van der Waals surface area contributed by atoms with Crippen molar-refractivity contribution in [2.45, 2.75) is 19.1 Å². The normalized spacial score (nSPS) is 11.3. The maximum Gasteiger partial charge on any atom is 0.411 e. The van der Waals surface area contributed by atoms with E-state index in [1.165, 1.54) is 12.4 Å². The molecule has 0 atom stereocenters. The minimum atomic E-state index is -4.42. The van der Waals surface area contributed by atoms with Gasteiger partial charge in [0.1, 0.15) is 13.2 Å². The molecule has 0 spiro atoms. The first-order chi connectivity index (χ1) is 9.26. The van der Waals surface area contributed by atoms with Crippen LogP contribution in [0.25, 0.3) is 0 Å². The molecule has 2 N–H and O–H groups in total. The second-order valence-corrected chi connectivity index (χ2v) is 3.79. The molecule has 7 nitrogen and oxygen atoms in total. The molecule has 0 radical (unpaired) electrons.